The highest BCUT2D eigenvalue weighted by atomic mass is 16.4. The molecule has 54 heavy (non-hydrogen) atoms. The molecule has 19 nitrogen and oxygen atoms in total. The van der Waals surface area contributed by atoms with Gasteiger partial charge in [0.1, 0.15) is 0 Å². The summed E-state index contributed by atoms with van der Waals surface area (Å²) < 4.78 is 0. The van der Waals surface area contributed by atoms with Crippen molar-refractivity contribution in [3.8, 4) is 0 Å². The maximum Gasteiger partial charge on any atom is 0.303 e. The van der Waals surface area contributed by atoms with Crippen LogP contribution >= 0.6 is 0 Å². The molecule has 0 saturated heterocycles. The Morgan fingerprint density at radius 1 is 0.407 bits per heavy atom. The van der Waals surface area contributed by atoms with E-state index < -0.39 is 11.9 Å². The minimum Gasteiger partial charge on any atom is -0.481 e. The van der Waals surface area contributed by atoms with Crippen LogP contribution in [0.3, 0.4) is 0 Å². The molecule has 0 aliphatic rings. The average Bonchev–Trinajstić information content (AvgIpc) is 3.15. The van der Waals surface area contributed by atoms with Crippen molar-refractivity contribution in [1.82, 2.24) is 51.5 Å². The molecule has 0 aromatic rings. The van der Waals surface area contributed by atoms with Crippen LogP contribution in [0, 0.1) is 0 Å². The zero-order valence-electron chi connectivity index (χ0n) is 33.3. The van der Waals surface area contributed by atoms with E-state index >= 15 is 0 Å². The Hall–Kier alpha value is -2.56. The number of nitrogens with one attached hydrogen (secondary N) is 6. The number of rotatable bonds is 41. The van der Waals surface area contributed by atoms with Crippen molar-refractivity contribution in [2.24, 2.45) is 17.2 Å². The zero-order valence-corrected chi connectivity index (χ0v) is 33.3. The van der Waals surface area contributed by atoms with Gasteiger partial charge in [-0.05, 0) is 13.0 Å². The smallest absolute Gasteiger partial charge is 0.303 e. The quantitative estimate of drug-likeness (QED) is 0.0263. The first-order chi connectivity index (χ1) is 26.1. The summed E-state index contributed by atoms with van der Waals surface area (Å²) in [6.45, 7) is 20.7. The Balaban J connectivity index is 5.54. The van der Waals surface area contributed by atoms with Crippen molar-refractivity contribution in [2.75, 3.05) is 164 Å². The lowest BCUT2D eigenvalue weighted by Crippen LogP contribution is -2.47. The summed E-state index contributed by atoms with van der Waals surface area (Å²) in [5.41, 5.74) is 17.1. The fraction of sp³-hybridized carbons (Fsp3) is 0.886. The van der Waals surface area contributed by atoms with E-state index in [9.17, 15) is 19.2 Å². The van der Waals surface area contributed by atoms with Crippen molar-refractivity contribution >= 4 is 23.8 Å². The van der Waals surface area contributed by atoms with E-state index in [1.807, 2.05) is 0 Å². The second-order valence-electron chi connectivity index (χ2n) is 13.2. The Morgan fingerprint density at radius 2 is 0.685 bits per heavy atom. The minimum atomic E-state index is -0.988. The first kappa shape index (κ1) is 51.4. The van der Waals surface area contributed by atoms with Crippen molar-refractivity contribution in [3.63, 3.8) is 0 Å². The molecule has 0 aromatic carbocycles. The maximum atomic E-state index is 12.1. The van der Waals surface area contributed by atoms with E-state index in [1.54, 1.807) is 0 Å². The first-order valence-electron chi connectivity index (χ1n) is 19.9. The molecule has 318 valence electrons. The molecule has 0 radical (unpaired) electrons. The van der Waals surface area contributed by atoms with Crippen LogP contribution in [0.15, 0.2) is 0 Å². The number of hydrogen-bond acceptors (Lipinski definition) is 15. The van der Waals surface area contributed by atoms with Gasteiger partial charge in [0, 0.05) is 170 Å². The van der Waals surface area contributed by atoms with E-state index in [4.69, 9.17) is 27.4 Å². The number of carbonyl (C=O) groups is 4. The molecule has 2 amide bonds. The van der Waals surface area contributed by atoms with E-state index in [0.717, 1.165) is 124 Å². The number of hydrogen-bond donors (Lipinski definition) is 11. The fourth-order valence-electron chi connectivity index (χ4n) is 5.45. The molecule has 0 heterocycles. The van der Waals surface area contributed by atoms with Crippen molar-refractivity contribution in [3.05, 3.63) is 0 Å². The van der Waals surface area contributed by atoms with Crippen LogP contribution in [0.2, 0.25) is 0 Å². The number of aliphatic carboxylic acids is 2. The second-order valence-corrected chi connectivity index (χ2v) is 13.2. The molecule has 0 unspecified atom stereocenters. The van der Waals surface area contributed by atoms with Crippen LogP contribution in [0.25, 0.3) is 0 Å². The summed E-state index contributed by atoms with van der Waals surface area (Å²) in [4.78, 5) is 55.5. The molecular weight excluding hydrogens is 698 g/mol. The SMILES string of the molecule is CCCNCCN(CCNC(=O)CCC(=O)O)CCN(CCNCCN)CCN(CCNCCN)CCN(CCNCCN)CCNC(=O)CCC(=O)O. The third-order valence-corrected chi connectivity index (χ3v) is 8.64. The second kappa shape index (κ2) is 37.4. The zero-order chi connectivity index (χ0) is 40.1. The van der Waals surface area contributed by atoms with Gasteiger partial charge in [-0.25, -0.2) is 0 Å². The molecule has 19 heteroatoms. The van der Waals surface area contributed by atoms with Gasteiger partial charge in [0.2, 0.25) is 11.8 Å². The molecule has 0 bridgehead atoms. The summed E-state index contributed by atoms with van der Waals surface area (Å²) in [5, 5.41) is 37.2. The van der Waals surface area contributed by atoms with Gasteiger partial charge in [0.25, 0.3) is 0 Å². The van der Waals surface area contributed by atoms with Crippen LogP contribution in [0.5, 0.6) is 0 Å². The van der Waals surface area contributed by atoms with Gasteiger partial charge in [0.15, 0.2) is 0 Å². The number of carbonyl (C=O) groups excluding carboxylic acids is 2. The molecule has 0 spiro atoms. The fourth-order valence-corrected chi connectivity index (χ4v) is 5.45. The lowest BCUT2D eigenvalue weighted by atomic mass is 10.3. The molecule has 0 aliphatic carbocycles. The lowest BCUT2D eigenvalue weighted by Gasteiger charge is -2.32. The van der Waals surface area contributed by atoms with Crippen LogP contribution < -0.4 is 49.1 Å². The van der Waals surface area contributed by atoms with Gasteiger partial charge in [-0.1, -0.05) is 6.92 Å². The molecule has 0 rings (SSSR count). The van der Waals surface area contributed by atoms with E-state index in [-0.39, 0.29) is 37.5 Å². The van der Waals surface area contributed by atoms with Crippen molar-refractivity contribution in [2.45, 2.75) is 39.0 Å². The summed E-state index contributed by atoms with van der Waals surface area (Å²) in [7, 11) is 0. The predicted octanol–water partition coefficient (Wildman–Crippen LogP) is -4.20. The van der Waals surface area contributed by atoms with Crippen LogP contribution in [0.4, 0.5) is 0 Å². The molecule has 0 aromatic heterocycles. The highest BCUT2D eigenvalue weighted by Crippen LogP contribution is 1.99. The van der Waals surface area contributed by atoms with E-state index in [2.05, 4.69) is 58.4 Å². The van der Waals surface area contributed by atoms with Crippen molar-refractivity contribution in [1.29, 1.82) is 0 Å². The predicted molar refractivity (Wildman–Crippen MR) is 214 cm³/mol. The first-order valence-corrected chi connectivity index (χ1v) is 19.9. The standard InChI is InChI=1S/C35H77N13O6/c1-2-10-39-14-20-45(24-18-43-32(49)3-5-34(51)52)26-28-47(22-16-41-12-8-37)30-31-48(23-17-42-13-9-38)29-27-46(21-15-40-11-7-36)25-19-44-33(50)4-6-35(53)54/h39-42H,2-31,36-38H2,1H3,(H,43,49)(H,44,50)(H,51,52)(H,53,54). The number of carboxylic acid groups (broad SMARTS) is 2. The van der Waals surface area contributed by atoms with Gasteiger partial charge < -0.3 is 59.3 Å². The Morgan fingerprint density at radius 3 is 0.963 bits per heavy atom. The van der Waals surface area contributed by atoms with Gasteiger partial charge in [-0.15, -0.1) is 0 Å². The average molecular weight is 776 g/mol. The molecule has 0 aliphatic heterocycles. The summed E-state index contributed by atoms with van der Waals surface area (Å²) >= 11 is 0. The maximum absolute atomic E-state index is 12.1. The number of carboxylic acids is 2. The van der Waals surface area contributed by atoms with Gasteiger partial charge in [0.05, 0.1) is 12.8 Å². The normalized spacial score (nSPS) is 11.6. The molecular formula is C35H77N13O6. The number of nitrogens with zero attached hydrogens (tertiary/aromatic N) is 4. The summed E-state index contributed by atoms with van der Waals surface area (Å²) in [6, 6.07) is 0. The van der Waals surface area contributed by atoms with Crippen LogP contribution in [-0.2, 0) is 19.2 Å². The Labute approximate surface area is 324 Å². The topological polar surface area (TPSA) is 272 Å². The molecule has 0 fully saturated rings. The largest absolute Gasteiger partial charge is 0.481 e. The molecule has 14 N–H and O–H groups in total. The number of nitrogens with two attached hydrogens (primary N) is 3. The third kappa shape index (κ3) is 34.0. The van der Waals surface area contributed by atoms with Crippen LogP contribution in [-0.4, -0.2) is 217 Å². The van der Waals surface area contributed by atoms with Gasteiger partial charge >= 0.3 is 11.9 Å². The lowest BCUT2D eigenvalue weighted by molar-refractivity contribution is -0.139. The van der Waals surface area contributed by atoms with Gasteiger partial charge in [-0.2, -0.15) is 0 Å². The van der Waals surface area contributed by atoms with Crippen LogP contribution in [0.1, 0.15) is 39.0 Å². The molecule has 0 atom stereocenters. The highest BCUT2D eigenvalue weighted by molar-refractivity contribution is 5.81. The molecule has 0 saturated carbocycles. The van der Waals surface area contributed by atoms with Crippen molar-refractivity contribution < 1.29 is 29.4 Å². The minimum absolute atomic E-state index is 0.0245. The van der Waals surface area contributed by atoms with Gasteiger partial charge in [-0.3, -0.25) is 38.8 Å². The summed E-state index contributed by atoms with van der Waals surface area (Å²) in [5.74, 6) is -2.48. The highest BCUT2D eigenvalue weighted by Gasteiger charge is 2.15. The Kier molecular flexibility index (Phi) is 35.6. The third-order valence-electron chi connectivity index (χ3n) is 8.64. The summed E-state index contributed by atoms with van der Waals surface area (Å²) in [6.07, 6.45) is 0.628. The number of amides is 2. The monoisotopic (exact) mass is 776 g/mol. The van der Waals surface area contributed by atoms with E-state index in [1.165, 1.54) is 0 Å². The Bertz CT molecular complexity index is 868. The van der Waals surface area contributed by atoms with E-state index in [0.29, 0.717) is 45.8 Å².